The van der Waals surface area contributed by atoms with Crippen LogP contribution in [0.4, 0.5) is 0 Å². The summed E-state index contributed by atoms with van der Waals surface area (Å²) in [5.41, 5.74) is 0. The van der Waals surface area contributed by atoms with Crippen LogP contribution in [0.2, 0.25) is 0 Å². The third kappa shape index (κ3) is 3.08. The van der Waals surface area contributed by atoms with Crippen LogP contribution < -0.4 is 5.32 Å². The van der Waals surface area contributed by atoms with E-state index in [2.05, 4.69) is 17.1 Å². The number of amides is 1. The second-order valence-electron chi connectivity index (χ2n) is 4.68. The second kappa shape index (κ2) is 5.71. The molecule has 2 atom stereocenters. The first-order chi connectivity index (χ1) is 6.77. The van der Waals surface area contributed by atoms with Crippen molar-refractivity contribution in [3.05, 3.63) is 0 Å². The number of likely N-dealkylation sites (tertiary alicyclic amines) is 1. The van der Waals surface area contributed by atoms with Gasteiger partial charge in [0.1, 0.15) is 0 Å². The van der Waals surface area contributed by atoms with Crippen LogP contribution in [-0.2, 0) is 4.79 Å². The Morgan fingerprint density at radius 3 is 2.73 bits per heavy atom. The van der Waals surface area contributed by atoms with Crippen LogP contribution in [-0.4, -0.2) is 36.5 Å². The Kier molecular flexibility index (Phi) is 4.87. The first kappa shape index (κ1) is 12.8. The number of hydrogen-bond donors (Lipinski definition) is 1. The minimum absolute atomic E-state index is 0. The molecule has 0 spiro atoms. The van der Waals surface area contributed by atoms with Gasteiger partial charge in [0.25, 0.3) is 0 Å². The van der Waals surface area contributed by atoms with Crippen molar-refractivity contribution >= 4 is 18.3 Å². The monoisotopic (exact) mass is 232 g/mol. The van der Waals surface area contributed by atoms with E-state index in [0.717, 1.165) is 32.5 Å². The topological polar surface area (TPSA) is 32.3 Å². The van der Waals surface area contributed by atoms with Crippen LogP contribution >= 0.6 is 12.4 Å². The van der Waals surface area contributed by atoms with Crippen molar-refractivity contribution in [2.75, 3.05) is 19.6 Å². The van der Waals surface area contributed by atoms with Crippen molar-refractivity contribution in [2.45, 2.75) is 38.6 Å². The van der Waals surface area contributed by atoms with Crippen molar-refractivity contribution in [1.82, 2.24) is 10.2 Å². The highest BCUT2D eigenvalue weighted by Gasteiger charge is 2.28. The minimum Gasteiger partial charge on any atom is -0.341 e. The number of piperidine rings is 1. The maximum absolute atomic E-state index is 12.0. The van der Waals surface area contributed by atoms with Gasteiger partial charge in [-0.15, -0.1) is 12.4 Å². The SMILES string of the molecule is CC1CCCN(C(=O)C2CCCN2)C1.Cl. The van der Waals surface area contributed by atoms with Gasteiger partial charge in [0.2, 0.25) is 5.91 Å². The summed E-state index contributed by atoms with van der Waals surface area (Å²) in [7, 11) is 0. The summed E-state index contributed by atoms with van der Waals surface area (Å²) in [5, 5.41) is 3.28. The zero-order valence-electron chi connectivity index (χ0n) is 9.37. The average molecular weight is 233 g/mol. The van der Waals surface area contributed by atoms with E-state index in [9.17, 15) is 4.79 Å². The molecule has 2 fully saturated rings. The molecule has 1 amide bonds. The summed E-state index contributed by atoms with van der Waals surface area (Å²) in [4.78, 5) is 14.1. The Labute approximate surface area is 98.0 Å². The summed E-state index contributed by atoms with van der Waals surface area (Å²) in [6, 6.07) is 0.125. The largest absolute Gasteiger partial charge is 0.341 e. The van der Waals surface area contributed by atoms with Gasteiger partial charge in [-0.25, -0.2) is 0 Å². The van der Waals surface area contributed by atoms with E-state index >= 15 is 0 Å². The van der Waals surface area contributed by atoms with Gasteiger partial charge in [-0.05, 0) is 38.1 Å². The molecule has 0 aliphatic carbocycles. The van der Waals surface area contributed by atoms with Crippen LogP contribution in [0.15, 0.2) is 0 Å². The molecule has 15 heavy (non-hydrogen) atoms. The van der Waals surface area contributed by atoms with Crippen LogP contribution in [0.1, 0.15) is 32.6 Å². The highest BCUT2D eigenvalue weighted by molar-refractivity contribution is 5.85. The van der Waals surface area contributed by atoms with E-state index in [4.69, 9.17) is 0 Å². The standard InChI is InChI=1S/C11H20N2O.ClH/c1-9-4-3-7-13(8-9)11(14)10-5-2-6-12-10;/h9-10,12H,2-8H2,1H3;1H. The highest BCUT2D eigenvalue weighted by Crippen LogP contribution is 2.18. The minimum atomic E-state index is 0. The van der Waals surface area contributed by atoms with Crippen LogP contribution in [0.5, 0.6) is 0 Å². The lowest BCUT2D eigenvalue weighted by Crippen LogP contribution is -2.47. The van der Waals surface area contributed by atoms with Gasteiger partial charge in [-0.3, -0.25) is 4.79 Å². The number of nitrogens with one attached hydrogen (secondary N) is 1. The number of carbonyl (C=O) groups excluding carboxylic acids is 1. The number of nitrogens with zero attached hydrogens (tertiary/aromatic N) is 1. The summed E-state index contributed by atoms with van der Waals surface area (Å²) >= 11 is 0. The summed E-state index contributed by atoms with van der Waals surface area (Å²) < 4.78 is 0. The Morgan fingerprint density at radius 1 is 1.33 bits per heavy atom. The summed E-state index contributed by atoms with van der Waals surface area (Å²) in [6.45, 7) is 5.19. The number of carbonyl (C=O) groups is 1. The van der Waals surface area contributed by atoms with Gasteiger partial charge in [0.05, 0.1) is 6.04 Å². The highest BCUT2D eigenvalue weighted by atomic mass is 35.5. The van der Waals surface area contributed by atoms with E-state index in [0.29, 0.717) is 11.8 Å². The molecule has 2 aliphatic heterocycles. The van der Waals surface area contributed by atoms with Gasteiger partial charge in [-0.2, -0.15) is 0 Å². The van der Waals surface area contributed by atoms with Crippen molar-refractivity contribution in [1.29, 1.82) is 0 Å². The average Bonchev–Trinajstić information content (AvgIpc) is 2.69. The molecule has 88 valence electrons. The van der Waals surface area contributed by atoms with E-state index in [1.165, 1.54) is 12.8 Å². The Morgan fingerprint density at radius 2 is 2.13 bits per heavy atom. The lowest BCUT2D eigenvalue weighted by Gasteiger charge is -2.32. The zero-order valence-corrected chi connectivity index (χ0v) is 10.2. The number of hydrogen-bond acceptors (Lipinski definition) is 2. The molecule has 1 N–H and O–H groups in total. The molecular formula is C11H21ClN2O. The van der Waals surface area contributed by atoms with Crippen molar-refractivity contribution in [2.24, 2.45) is 5.92 Å². The zero-order chi connectivity index (χ0) is 9.97. The van der Waals surface area contributed by atoms with Gasteiger partial charge in [-0.1, -0.05) is 6.92 Å². The van der Waals surface area contributed by atoms with Gasteiger partial charge in [0.15, 0.2) is 0 Å². The lowest BCUT2D eigenvalue weighted by atomic mass is 9.99. The lowest BCUT2D eigenvalue weighted by molar-refractivity contribution is -0.134. The van der Waals surface area contributed by atoms with Crippen molar-refractivity contribution < 1.29 is 4.79 Å². The van der Waals surface area contributed by atoms with Gasteiger partial charge >= 0.3 is 0 Å². The Balaban J connectivity index is 0.00000112. The van der Waals surface area contributed by atoms with E-state index < -0.39 is 0 Å². The van der Waals surface area contributed by atoms with Gasteiger partial charge in [0, 0.05) is 13.1 Å². The Hall–Kier alpha value is -0.280. The molecule has 4 heteroatoms. The molecule has 0 aromatic rings. The maximum Gasteiger partial charge on any atom is 0.239 e. The van der Waals surface area contributed by atoms with E-state index in [1.807, 2.05) is 0 Å². The Bertz CT molecular complexity index is 217. The molecule has 0 bridgehead atoms. The summed E-state index contributed by atoms with van der Waals surface area (Å²) in [5.74, 6) is 1.03. The molecule has 2 aliphatic rings. The van der Waals surface area contributed by atoms with Gasteiger partial charge < -0.3 is 10.2 Å². The first-order valence-electron chi connectivity index (χ1n) is 5.79. The van der Waals surface area contributed by atoms with Crippen LogP contribution in [0.3, 0.4) is 0 Å². The molecule has 0 radical (unpaired) electrons. The molecule has 2 unspecified atom stereocenters. The second-order valence-corrected chi connectivity index (χ2v) is 4.68. The van der Waals surface area contributed by atoms with Crippen molar-refractivity contribution in [3.8, 4) is 0 Å². The fourth-order valence-corrected chi connectivity index (χ4v) is 2.51. The molecule has 0 aromatic heterocycles. The van der Waals surface area contributed by atoms with E-state index in [1.54, 1.807) is 0 Å². The third-order valence-electron chi connectivity index (χ3n) is 3.33. The fraction of sp³-hybridized carbons (Fsp3) is 0.909. The molecule has 2 saturated heterocycles. The number of rotatable bonds is 1. The molecule has 2 heterocycles. The summed E-state index contributed by atoms with van der Waals surface area (Å²) in [6.07, 6.45) is 4.64. The smallest absolute Gasteiger partial charge is 0.239 e. The van der Waals surface area contributed by atoms with Crippen LogP contribution in [0, 0.1) is 5.92 Å². The molecule has 0 aromatic carbocycles. The first-order valence-corrected chi connectivity index (χ1v) is 5.79. The third-order valence-corrected chi connectivity index (χ3v) is 3.33. The number of halogens is 1. The van der Waals surface area contributed by atoms with Crippen molar-refractivity contribution in [3.63, 3.8) is 0 Å². The molecule has 0 saturated carbocycles. The molecule has 3 nitrogen and oxygen atoms in total. The molecular weight excluding hydrogens is 212 g/mol. The normalized spacial score (nSPS) is 31.1. The fourth-order valence-electron chi connectivity index (χ4n) is 2.51. The maximum atomic E-state index is 12.0. The quantitative estimate of drug-likeness (QED) is 0.742. The predicted octanol–water partition coefficient (Wildman–Crippen LogP) is 1.42. The molecule has 2 rings (SSSR count). The predicted molar refractivity (Wildman–Crippen MR) is 63.3 cm³/mol. The van der Waals surface area contributed by atoms with E-state index in [-0.39, 0.29) is 18.4 Å². The van der Waals surface area contributed by atoms with Crippen LogP contribution in [0.25, 0.3) is 0 Å².